The van der Waals surface area contributed by atoms with Gasteiger partial charge in [0.25, 0.3) is 0 Å². The van der Waals surface area contributed by atoms with Gasteiger partial charge >= 0.3 is 0 Å². The summed E-state index contributed by atoms with van der Waals surface area (Å²) in [6.45, 7) is 6.97. The zero-order valence-electron chi connectivity index (χ0n) is 12.7. The van der Waals surface area contributed by atoms with E-state index in [1.54, 1.807) is 0 Å². The van der Waals surface area contributed by atoms with Crippen molar-refractivity contribution in [3.05, 3.63) is 0 Å². The molecule has 0 heterocycles. The molecule has 1 nitrogen and oxygen atoms in total. The third-order valence-corrected chi connectivity index (χ3v) is 6.09. The fraction of sp³-hybridized carbons (Fsp3) is 1.00. The second-order valence-electron chi connectivity index (χ2n) is 7.40. The van der Waals surface area contributed by atoms with E-state index in [1.165, 1.54) is 51.4 Å². The monoisotopic (exact) mass is 251 g/mol. The molecule has 2 rings (SSSR count). The standard InChI is InChI=1S/C17H33N/c1-12(2)13(3)17(18)16-10-8-15(9-11-16)14-6-4-5-7-14/h12-17H,4-11,18H2,1-3H3. The van der Waals surface area contributed by atoms with Gasteiger partial charge in [-0.15, -0.1) is 0 Å². The lowest BCUT2D eigenvalue weighted by Crippen LogP contribution is -2.40. The minimum atomic E-state index is 0.439. The van der Waals surface area contributed by atoms with Crippen molar-refractivity contribution in [3.63, 3.8) is 0 Å². The lowest BCUT2D eigenvalue weighted by atomic mass is 9.70. The van der Waals surface area contributed by atoms with Crippen molar-refractivity contribution in [1.82, 2.24) is 0 Å². The van der Waals surface area contributed by atoms with Gasteiger partial charge < -0.3 is 5.73 Å². The number of hydrogen-bond donors (Lipinski definition) is 1. The number of nitrogens with two attached hydrogens (primary N) is 1. The van der Waals surface area contributed by atoms with Gasteiger partial charge in [0.05, 0.1) is 0 Å². The van der Waals surface area contributed by atoms with E-state index < -0.39 is 0 Å². The molecular formula is C17H33N. The van der Waals surface area contributed by atoms with Gasteiger partial charge in [-0.05, 0) is 55.3 Å². The Hall–Kier alpha value is -0.0400. The third-order valence-electron chi connectivity index (χ3n) is 6.09. The topological polar surface area (TPSA) is 26.0 Å². The molecular weight excluding hydrogens is 218 g/mol. The summed E-state index contributed by atoms with van der Waals surface area (Å²) in [6, 6.07) is 0.439. The predicted molar refractivity (Wildman–Crippen MR) is 79.4 cm³/mol. The van der Waals surface area contributed by atoms with Crippen molar-refractivity contribution in [2.24, 2.45) is 35.3 Å². The van der Waals surface area contributed by atoms with Gasteiger partial charge in [0.2, 0.25) is 0 Å². The molecule has 18 heavy (non-hydrogen) atoms. The van der Waals surface area contributed by atoms with Crippen molar-refractivity contribution < 1.29 is 0 Å². The van der Waals surface area contributed by atoms with Crippen molar-refractivity contribution in [1.29, 1.82) is 0 Å². The highest BCUT2D eigenvalue weighted by Crippen LogP contribution is 2.42. The maximum Gasteiger partial charge on any atom is 0.00954 e. The Morgan fingerprint density at radius 2 is 1.28 bits per heavy atom. The number of hydrogen-bond acceptors (Lipinski definition) is 1. The van der Waals surface area contributed by atoms with Gasteiger partial charge in [-0.3, -0.25) is 0 Å². The van der Waals surface area contributed by atoms with Crippen LogP contribution < -0.4 is 5.73 Å². The van der Waals surface area contributed by atoms with Crippen molar-refractivity contribution >= 4 is 0 Å². The molecule has 0 aromatic carbocycles. The molecule has 0 radical (unpaired) electrons. The van der Waals surface area contributed by atoms with Crippen LogP contribution in [0.15, 0.2) is 0 Å². The smallest absolute Gasteiger partial charge is 0.00954 e. The molecule has 106 valence electrons. The molecule has 2 atom stereocenters. The summed E-state index contributed by atoms with van der Waals surface area (Å²) in [5, 5.41) is 0. The quantitative estimate of drug-likeness (QED) is 0.776. The van der Waals surface area contributed by atoms with Crippen LogP contribution in [0.1, 0.15) is 72.1 Å². The average molecular weight is 251 g/mol. The van der Waals surface area contributed by atoms with Crippen LogP contribution in [0.5, 0.6) is 0 Å². The molecule has 2 aliphatic rings. The molecule has 2 saturated carbocycles. The summed E-state index contributed by atoms with van der Waals surface area (Å²) in [5.41, 5.74) is 6.49. The summed E-state index contributed by atoms with van der Waals surface area (Å²) < 4.78 is 0. The lowest BCUT2D eigenvalue weighted by Gasteiger charge is -2.37. The highest BCUT2D eigenvalue weighted by atomic mass is 14.7. The predicted octanol–water partition coefficient (Wildman–Crippen LogP) is 4.60. The fourth-order valence-electron chi connectivity index (χ4n) is 4.30. The first kappa shape index (κ1) is 14.4. The van der Waals surface area contributed by atoms with Crippen LogP contribution in [0.4, 0.5) is 0 Å². The van der Waals surface area contributed by atoms with Crippen LogP contribution in [0.2, 0.25) is 0 Å². The molecule has 0 aliphatic heterocycles. The highest BCUT2D eigenvalue weighted by Gasteiger charge is 2.33. The van der Waals surface area contributed by atoms with Crippen LogP contribution >= 0.6 is 0 Å². The maximum absolute atomic E-state index is 6.49. The van der Waals surface area contributed by atoms with Gasteiger partial charge in [-0.1, -0.05) is 46.5 Å². The molecule has 2 unspecified atom stereocenters. The van der Waals surface area contributed by atoms with E-state index in [2.05, 4.69) is 20.8 Å². The largest absolute Gasteiger partial charge is 0.327 e. The molecule has 0 bridgehead atoms. The molecule has 0 saturated heterocycles. The van der Waals surface area contributed by atoms with Crippen LogP contribution in [-0.2, 0) is 0 Å². The SMILES string of the molecule is CC(C)C(C)C(N)C1CCC(C2CCCC2)CC1. The number of rotatable bonds is 4. The molecule has 0 amide bonds. The zero-order chi connectivity index (χ0) is 13.1. The molecule has 1 heteroatoms. The Morgan fingerprint density at radius 1 is 0.778 bits per heavy atom. The van der Waals surface area contributed by atoms with Gasteiger partial charge in [0, 0.05) is 6.04 Å². The van der Waals surface area contributed by atoms with Crippen molar-refractivity contribution in [3.8, 4) is 0 Å². The maximum atomic E-state index is 6.49. The molecule has 0 aromatic heterocycles. The second-order valence-corrected chi connectivity index (χ2v) is 7.40. The average Bonchev–Trinajstić information content (AvgIpc) is 2.91. The fourth-order valence-corrected chi connectivity index (χ4v) is 4.30. The normalized spacial score (nSPS) is 33.8. The van der Waals surface area contributed by atoms with Gasteiger partial charge in [0.1, 0.15) is 0 Å². The Bertz CT molecular complexity index is 234. The van der Waals surface area contributed by atoms with Gasteiger partial charge in [-0.2, -0.15) is 0 Å². The van der Waals surface area contributed by atoms with Crippen LogP contribution in [0.3, 0.4) is 0 Å². The zero-order valence-corrected chi connectivity index (χ0v) is 12.7. The lowest BCUT2D eigenvalue weighted by molar-refractivity contribution is 0.158. The van der Waals surface area contributed by atoms with E-state index in [9.17, 15) is 0 Å². The molecule has 0 spiro atoms. The van der Waals surface area contributed by atoms with E-state index in [0.717, 1.165) is 23.7 Å². The van der Waals surface area contributed by atoms with E-state index in [-0.39, 0.29) is 0 Å². The Morgan fingerprint density at radius 3 is 1.78 bits per heavy atom. The first-order chi connectivity index (χ1) is 8.59. The van der Waals surface area contributed by atoms with Crippen LogP contribution in [0, 0.1) is 29.6 Å². The van der Waals surface area contributed by atoms with Gasteiger partial charge in [0.15, 0.2) is 0 Å². The van der Waals surface area contributed by atoms with E-state index >= 15 is 0 Å². The summed E-state index contributed by atoms with van der Waals surface area (Å²) in [5.74, 6) is 4.33. The van der Waals surface area contributed by atoms with E-state index in [0.29, 0.717) is 12.0 Å². The highest BCUT2D eigenvalue weighted by molar-refractivity contribution is 4.86. The minimum Gasteiger partial charge on any atom is -0.327 e. The molecule has 2 fully saturated rings. The first-order valence-corrected chi connectivity index (χ1v) is 8.35. The Balaban J connectivity index is 1.78. The molecule has 2 aliphatic carbocycles. The van der Waals surface area contributed by atoms with Crippen molar-refractivity contribution in [2.45, 2.75) is 78.2 Å². The summed E-state index contributed by atoms with van der Waals surface area (Å²) >= 11 is 0. The molecule has 2 N–H and O–H groups in total. The van der Waals surface area contributed by atoms with E-state index in [4.69, 9.17) is 5.73 Å². The Kier molecular flexibility index (Phi) is 5.12. The summed E-state index contributed by atoms with van der Waals surface area (Å²) in [7, 11) is 0. The Labute approximate surface area is 114 Å². The van der Waals surface area contributed by atoms with E-state index in [1.807, 2.05) is 0 Å². The van der Waals surface area contributed by atoms with Crippen LogP contribution in [-0.4, -0.2) is 6.04 Å². The van der Waals surface area contributed by atoms with Crippen molar-refractivity contribution in [2.75, 3.05) is 0 Å². The summed E-state index contributed by atoms with van der Waals surface area (Å²) in [4.78, 5) is 0. The van der Waals surface area contributed by atoms with Crippen LogP contribution in [0.25, 0.3) is 0 Å². The van der Waals surface area contributed by atoms with Gasteiger partial charge in [-0.25, -0.2) is 0 Å². The summed E-state index contributed by atoms with van der Waals surface area (Å²) in [6.07, 6.45) is 11.8. The third kappa shape index (κ3) is 3.29. The second kappa shape index (κ2) is 6.41. The first-order valence-electron chi connectivity index (χ1n) is 8.35. The minimum absolute atomic E-state index is 0.439. The molecule has 0 aromatic rings.